The molecule has 5 heteroatoms. The lowest BCUT2D eigenvalue weighted by molar-refractivity contribution is -0.213. The number of ether oxygens (including phenoxy) is 1. The van der Waals surface area contributed by atoms with Crippen LogP contribution in [0.1, 0.15) is 11.7 Å². The number of aliphatic hydroxyl groups excluding tert-OH is 1. The molecule has 2 unspecified atom stereocenters. The van der Waals surface area contributed by atoms with Gasteiger partial charge in [0.05, 0.1) is 0 Å². The molecule has 2 nitrogen and oxygen atoms in total. The van der Waals surface area contributed by atoms with E-state index in [2.05, 4.69) is 4.74 Å². The number of aliphatic hydroxyl groups is 1. The van der Waals surface area contributed by atoms with Gasteiger partial charge in [-0.2, -0.15) is 13.2 Å². The second-order valence-corrected chi connectivity index (χ2v) is 3.06. The van der Waals surface area contributed by atoms with Crippen LogP contribution in [-0.4, -0.2) is 17.4 Å². The molecule has 2 rings (SSSR count). The number of rotatable bonds is 0. The smallest absolute Gasteiger partial charge is 0.428 e. The third kappa shape index (κ3) is 1.33. The van der Waals surface area contributed by atoms with E-state index in [1.54, 1.807) is 12.1 Å². The molecule has 1 aliphatic heterocycles. The highest BCUT2D eigenvalue weighted by Gasteiger charge is 2.51. The summed E-state index contributed by atoms with van der Waals surface area (Å²) in [4.78, 5) is 0. The first-order valence-corrected chi connectivity index (χ1v) is 4.00. The fourth-order valence-electron chi connectivity index (χ4n) is 1.44. The van der Waals surface area contributed by atoms with Gasteiger partial charge in [0, 0.05) is 5.56 Å². The van der Waals surface area contributed by atoms with Gasteiger partial charge in [0.15, 0.2) is 0 Å². The van der Waals surface area contributed by atoms with Gasteiger partial charge in [0.25, 0.3) is 0 Å². The van der Waals surface area contributed by atoms with Crippen molar-refractivity contribution in [3.05, 3.63) is 29.8 Å². The summed E-state index contributed by atoms with van der Waals surface area (Å²) in [6.07, 6.45) is -8.30. The summed E-state index contributed by atoms with van der Waals surface area (Å²) in [5.74, 6) is 0.0994. The molecule has 0 fully saturated rings. The van der Waals surface area contributed by atoms with E-state index in [9.17, 15) is 18.3 Å². The first-order valence-electron chi connectivity index (χ1n) is 4.00. The van der Waals surface area contributed by atoms with Crippen molar-refractivity contribution in [3.8, 4) is 5.75 Å². The van der Waals surface area contributed by atoms with E-state index < -0.39 is 18.4 Å². The zero-order valence-electron chi connectivity index (χ0n) is 6.95. The predicted octanol–water partition coefficient (Wildman–Crippen LogP) is 2.04. The van der Waals surface area contributed by atoms with Crippen LogP contribution in [0.3, 0.4) is 0 Å². The van der Waals surface area contributed by atoms with Crippen molar-refractivity contribution < 1.29 is 23.0 Å². The Bertz CT molecular complexity index is 348. The van der Waals surface area contributed by atoms with Crippen molar-refractivity contribution in [1.29, 1.82) is 0 Å². The van der Waals surface area contributed by atoms with Crippen LogP contribution < -0.4 is 4.74 Å². The molecule has 76 valence electrons. The lowest BCUT2D eigenvalue weighted by atomic mass is 10.1. The Morgan fingerprint density at radius 2 is 1.86 bits per heavy atom. The molecule has 1 aromatic carbocycles. The predicted molar refractivity (Wildman–Crippen MR) is 41.9 cm³/mol. The van der Waals surface area contributed by atoms with Gasteiger partial charge in [0.2, 0.25) is 6.10 Å². The van der Waals surface area contributed by atoms with E-state index in [0.717, 1.165) is 0 Å². The van der Waals surface area contributed by atoms with Crippen LogP contribution in [0.2, 0.25) is 0 Å². The zero-order chi connectivity index (χ0) is 10.3. The first-order chi connectivity index (χ1) is 6.50. The Morgan fingerprint density at radius 1 is 1.21 bits per heavy atom. The molecule has 1 aromatic rings. The number of alkyl halides is 3. The molecule has 1 heterocycles. The molecule has 0 radical (unpaired) electrons. The van der Waals surface area contributed by atoms with Crippen LogP contribution >= 0.6 is 0 Å². The van der Waals surface area contributed by atoms with Crippen molar-refractivity contribution in [2.45, 2.75) is 18.4 Å². The van der Waals surface area contributed by atoms with Crippen molar-refractivity contribution in [1.82, 2.24) is 0 Å². The van der Waals surface area contributed by atoms with Crippen molar-refractivity contribution >= 4 is 0 Å². The normalized spacial score (nSPS) is 25.7. The molecule has 1 N–H and O–H groups in total. The van der Waals surface area contributed by atoms with Crippen LogP contribution in [0.5, 0.6) is 5.75 Å². The van der Waals surface area contributed by atoms with Crippen molar-refractivity contribution in [2.75, 3.05) is 0 Å². The van der Waals surface area contributed by atoms with Gasteiger partial charge < -0.3 is 9.84 Å². The highest BCUT2D eigenvalue weighted by molar-refractivity contribution is 5.39. The summed E-state index contributed by atoms with van der Waals surface area (Å²) in [5.41, 5.74) is 0.190. The van der Waals surface area contributed by atoms with E-state index in [4.69, 9.17) is 0 Å². The molecule has 0 saturated heterocycles. The number of fused-ring (bicyclic) bond motifs is 1. The third-order valence-corrected chi connectivity index (χ3v) is 2.10. The maximum atomic E-state index is 12.3. The van der Waals surface area contributed by atoms with Crippen LogP contribution in [-0.2, 0) is 0 Å². The third-order valence-electron chi connectivity index (χ3n) is 2.10. The second-order valence-electron chi connectivity index (χ2n) is 3.06. The Labute approximate surface area is 77.9 Å². The summed E-state index contributed by atoms with van der Waals surface area (Å²) in [6, 6.07) is 5.95. The Balaban J connectivity index is 2.35. The molecule has 0 aliphatic carbocycles. The Morgan fingerprint density at radius 3 is 2.43 bits per heavy atom. The van der Waals surface area contributed by atoms with Gasteiger partial charge in [-0.3, -0.25) is 0 Å². The molecule has 14 heavy (non-hydrogen) atoms. The quantitative estimate of drug-likeness (QED) is 0.700. The van der Waals surface area contributed by atoms with Crippen molar-refractivity contribution in [2.24, 2.45) is 0 Å². The summed E-state index contributed by atoms with van der Waals surface area (Å²) < 4.78 is 41.5. The average Bonchev–Trinajstić information content (AvgIpc) is 2.44. The highest BCUT2D eigenvalue weighted by atomic mass is 19.4. The number of benzene rings is 1. The minimum Gasteiger partial charge on any atom is -0.477 e. The van der Waals surface area contributed by atoms with E-state index in [-0.39, 0.29) is 11.3 Å². The van der Waals surface area contributed by atoms with Crippen LogP contribution in [0.4, 0.5) is 13.2 Å². The topological polar surface area (TPSA) is 29.5 Å². The monoisotopic (exact) mass is 204 g/mol. The fraction of sp³-hybridized carbons (Fsp3) is 0.333. The average molecular weight is 204 g/mol. The minimum atomic E-state index is -4.54. The second kappa shape index (κ2) is 2.88. The van der Waals surface area contributed by atoms with Gasteiger partial charge in [0.1, 0.15) is 11.9 Å². The van der Waals surface area contributed by atoms with Gasteiger partial charge in [-0.25, -0.2) is 0 Å². The zero-order valence-corrected chi connectivity index (χ0v) is 6.95. The van der Waals surface area contributed by atoms with E-state index in [1.807, 2.05) is 0 Å². The van der Waals surface area contributed by atoms with Gasteiger partial charge >= 0.3 is 6.18 Å². The van der Waals surface area contributed by atoms with Gasteiger partial charge in [-0.15, -0.1) is 0 Å². The Hall–Kier alpha value is -1.23. The number of hydrogen-bond acceptors (Lipinski definition) is 2. The van der Waals surface area contributed by atoms with E-state index >= 15 is 0 Å². The molecular formula is C9H7F3O2. The molecule has 0 saturated carbocycles. The standard InChI is InChI=1S/C9H7F3O2/c10-9(11,12)8-7(13)5-3-1-2-4-6(5)14-8/h1-4,7-8,13H. The molecule has 1 aliphatic rings. The van der Waals surface area contributed by atoms with Crippen LogP contribution in [0, 0.1) is 0 Å². The summed E-state index contributed by atoms with van der Waals surface area (Å²) >= 11 is 0. The largest absolute Gasteiger partial charge is 0.477 e. The molecule has 0 aromatic heterocycles. The fourth-order valence-corrected chi connectivity index (χ4v) is 1.44. The van der Waals surface area contributed by atoms with Crippen molar-refractivity contribution in [3.63, 3.8) is 0 Å². The van der Waals surface area contributed by atoms with Gasteiger partial charge in [-0.1, -0.05) is 18.2 Å². The maximum absolute atomic E-state index is 12.3. The van der Waals surface area contributed by atoms with Crippen LogP contribution in [0.15, 0.2) is 24.3 Å². The number of para-hydroxylation sites is 1. The lowest BCUT2D eigenvalue weighted by Crippen LogP contribution is -2.35. The summed E-state index contributed by atoms with van der Waals surface area (Å²) in [7, 11) is 0. The number of hydrogen-bond donors (Lipinski definition) is 1. The molecule has 0 spiro atoms. The molecule has 2 atom stereocenters. The van der Waals surface area contributed by atoms with Crippen LogP contribution in [0.25, 0.3) is 0 Å². The summed E-state index contributed by atoms with van der Waals surface area (Å²) in [5, 5.41) is 9.33. The maximum Gasteiger partial charge on any atom is 0.428 e. The molecular weight excluding hydrogens is 197 g/mol. The van der Waals surface area contributed by atoms with E-state index in [0.29, 0.717) is 0 Å². The Kier molecular flexibility index (Phi) is 1.92. The summed E-state index contributed by atoms with van der Waals surface area (Å²) in [6.45, 7) is 0. The molecule has 0 bridgehead atoms. The first kappa shape index (κ1) is 9.33. The molecule has 0 amide bonds. The van der Waals surface area contributed by atoms with E-state index in [1.165, 1.54) is 12.1 Å². The van der Waals surface area contributed by atoms with Gasteiger partial charge in [-0.05, 0) is 6.07 Å². The SMILES string of the molecule is OC1c2ccccc2OC1C(F)(F)F. The number of halogens is 3. The lowest BCUT2D eigenvalue weighted by Gasteiger charge is -2.17. The highest BCUT2D eigenvalue weighted by Crippen LogP contribution is 2.42. The minimum absolute atomic E-state index is 0.0994.